The fourth-order valence-corrected chi connectivity index (χ4v) is 1.98. The van der Waals surface area contributed by atoms with Crippen LogP contribution in [0.2, 0.25) is 0 Å². The van der Waals surface area contributed by atoms with Gasteiger partial charge in [-0.25, -0.2) is 4.79 Å². The predicted molar refractivity (Wildman–Crippen MR) is 78.6 cm³/mol. The van der Waals surface area contributed by atoms with E-state index in [4.69, 9.17) is 15.6 Å². The van der Waals surface area contributed by atoms with Crippen molar-refractivity contribution in [2.45, 2.75) is 0 Å². The number of ether oxygens (including phenoxy) is 1. The molecular formula is C16H15NO3. The minimum Gasteiger partial charge on any atom is -0.495 e. The quantitative estimate of drug-likeness (QED) is 0.661. The lowest BCUT2D eigenvalue weighted by molar-refractivity contribution is -0.131. The minimum absolute atomic E-state index is 0.470. The van der Waals surface area contributed by atoms with Gasteiger partial charge in [0.1, 0.15) is 5.75 Å². The summed E-state index contributed by atoms with van der Waals surface area (Å²) in [6.07, 6.45) is 1.18. The SMILES string of the molecule is COc1ccc(/C(=C/C(=O)O)c2ccccc2)cc1N. The molecular weight excluding hydrogens is 254 g/mol. The molecule has 4 nitrogen and oxygen atoms in total. The highest BCUT2D eigenvalue weighted by molar-refractivity contribution is 5.95. The monoisotopic (exact) mass is 269 g/mol. The number of rotatable bonds is 4. The van der Waals surface area contributed by atoms with E-state index in [1.165, 1.54) is 13.2 Å². The van der Waals surface area contributed by atoms with Crippen LogP contribution in [0.3, 0.4) is 0 Å². The molecule has 3 N–H and O–H groups in total. The second-order valence-corrected chi connectivity index (χ2v) is 4.22. The zero-order chi connectivity index (χ0) is 14.5. The van der Waals surface area contributed by atoms with Crippen molar-refractivity contribution in [1.82, 2.24) is 0 Å². The van der Waals surface area contributed by atoms with Gasteiger partial charge in [-0.1, -0.05) is 36.4 Å². The number of anilines is 1. The zero-order valence-electron chi connectivity index (χ0n) is 11.0. The van der Waals surface area contributed by atoms with E-state index in [0.717, 1.165) is 11.1 Å². The van der Waals surface area contributed by atoms with E-state index in [-0.39, 0.29) is 0 Å². The second-order valence-electron chi connectivity index (χ2n) is 4.22. The fourth-order valence-electron chi connectivity index (χ4n) is 1.98. The lowest BCUT2D eigenvalue weighted by atomic mass is 9.97. The number of hydrogen-bond acceptors (Lipinski definition) is 3. The summed E-state index contributed by atoms with van der Waals surface area (Å²) in [6, 6.07) is 14.5. The number of benzene rings is 2. The van der Waals surface area contributed by atoms with E-state index < -0.39 is 5.97 Å². The minimum atomic E-state index is -1.00. The zero-order valence-corrected chi connectivity index (χ0v) is 11.0. The molecule has 0 aliphatic heterocycles. The standard InChI is InChI=1S/C16H15NO3/c1-20-15-8-7-12(9-14(15)17)13(10-16(18)19)11-5-3-2-4-6-11/h2-10H,17H2,1H3,(H,18,19)/b13-10+. The van der Waals surface area contributed by atoms with Crippen LogP contribution in [0.4, 0.5) is 5.69 Å². The third kappa shape index (κ3) is 2.98. The maximum absolute atomic E-state index is 11.0. The maximum Gasteiger partial charge on any atom is 0.328 e. The van der Waals surface area contributed by atoms with Gasteiger partial charge in [-0.2, -0.15) is 0 Å². The van der Waals surface area contributed by atoms with Crippen molar-refractivity contribution in [2.24, 2.45) is 0 Å². The summed E-state index contributed by atoms with van der Waals surface area (Å²) in [7, 11) is 1.54. The van der Waals surface area contributed by atoms with E-state index >= 15 is 0 Å². The van der Waals surface area contributed by atoms with Crippen LogP contribution in [0.1, 0.15) is 11.1 Å². The molecule has 0 atom stereocenters. The highest BCUT2D eigenvalue weighted by Crippen LogP contribution is 2.29. The summed E-state index contributed by atoms with van der Waals surface area (Å²) in [4.78, 5) is 11.0. The van der Waals surface area contributed by atoms with Crippen LogP contribution in [0.5, 0.6) is 5.75 Å². The van der Waals surface area contributed by atoms with E-state index in [2.05, 4.69) is 0 Å². The Balaban J connectivity index is 2.53. The van der Waals surface area contributed by atoms with Crippen LogP contribution >= 0.6 is 0 Å². The van der Waals surface area contributed by atoms with Crippen molar-refractivity contribution in [1.29, 1.82) is 0 Å². The van der Waals surface area contributed by atoms with Gasteiger partial charge >= 0.3 is 5.97 Å². The number of nitrogen functional groups attached to an aromatic ring is 1. The van der Waals surface area contributed by atoms with Crippen LogP contribution in [-0.4, -0.2) is 18.2 Å². The number of methoxy groups -OCH3 is 1. The summed E-state index contributed by atoms with van der Waals surface area (Å²) in [5.41, 5.74) is 8.50. The summed E-state index contributed by atoms with van der Waals surface area (Å²) in [5, 5.41) is 9.04. The number of carboxylic acid groups (broad SMARTS) is 1. The highest BCUT2D eigenvalue weighted by Gasteiger charge is 2.09. The Bertz CT molecular complexity index is 648. The van der Waals surface area contributed by atoms with Crippen LogP contribution in [0.25, 0.3) is 5.57 Å². The first-order valence-electron chi connectivity index (χ1n) is 6.05. The Labute approximate surface area is 117 Å². The first-order valence-corrected chi connectivity index (χ1v) is 6.05. The van der Waals surface area contributed by atoms with Crippen LogP contribution < -0.4 is 10.5 Å². The summed E-state index contributed by atoms with van der Waals surface area (Å²) in [6.45, 7) is 0. The molecule has 0 heterocycles. The third-order valence-corrected chi connectivity index (χ3v) is 2.89. The lowest BCUT2D eigenvalue weighted by Crippen LogP contribution is -1.97. The maximum atomic E-state index is 11.0. The highest BCUT2D eigenvalue weighted by atomic mass is 16.5. The second kappa shape index (κ2) is 5.93. The van der Waals surface area contributed by atoms with Crippen molar-refractivity contribution < 1.29 is 14.6 Å². The molecule has 0 spiro atoms. The van der Waals surface area contributed by atoms with Crippen molar-refractivity contribution >= 4 is 17.2 Å². The Kier molecular flexibility index (Phi) is 4.05. The van der Waals surface area contributed by atoms with Crippen molar-refractivity contribution in [2.75, 3.05) is 12.8 Å². The molecule has 0 saturated carbocycles. The van der Waals surface area contributed by atoms with Crippen molar-refractivity contribution in [3.63, 3.8) is 0 Å². The van der Waals surface area contributed by atoms with Crippen LogP contribution in [0, 0.1) is 0 Å². The fraction of sp³-hybridized carbons (Fsp3) is 0.0625. The summed E-state index contributed by atoms with van der Waals surface area (Å²) < 4.78 is 5.11. The third-order valence-electron chi connectivity index (χ3n) is 2.89. The number of hydrogen-bond donors (Lipinski definition) is 2. The van der Waals surface area contributed by atoms with Gasteiger partial charge in [0.15, 0.2) is 0 Å². The number of carbonyl (C=O) groups is 1. The number of nitrogens with two attached hydrogens (primary N) is 1. The summed E-state index contributed by atoms with van der Waals surface area (Å²) >= 11 is 0. The van der Waals surface area contributed by atoms with Gasteiger partial charge in [-0.15, -0.1) is 0 Å². The lowest BCUT2D eigenvalue weighted by Gasteiger charge is -2.10. The normalized spacial score (nSPS) is 11.2. The van der Waals surface area contributed by atoms with Crippen molar-refractivity contribution in [3.05, 3.63) is 65.7 Å². The van der Waals surface area contributed by atoms with Gasteiger partial charge in [0, 0.05) is 6.08 Å². The average Bonchev–Trinajstić information content (AvgIpc) is 2.45. The molecule has 2 aromatic rings. The molecule has 2 rings (SSSR count). The van der Waals surface area contributed by atoms with Gasteiger partial charge in [0.05, 0.1) is 12.8 Å². The Morgan fingerprint density at radius 1 is 1.15 bits per heavy atom. The van der Waals surface area contributed by atoms with E-state index in [0.29, 0.717) is 17.0 Å². The smallest absolute Gasteiger partial charge is 0.328 e. The molecule has 0 aliphatic carbocycles. The Morgan fingerprint density at radius 3 is 2.40 bits per heavy atom. The van der Waals surface area contributed by atoms with Crippen molar-refractivity contribution in [3.8, 4) is 5.75 Å². The molecule has 0 unspecified atom stereocenters. The molecule has 0 radical (unpaired) electrons. The van der Waals surface area contributed by atoms with E-state index in [1.54, 1.807) is 18.2 Å². The molecule has 2 aromatic carbocycles. The Hall–Kier alpha value is -2.75. The molecule has 0 amide bonds. The molecule has 0 aliphatic rings. The van der Waals surface area contributed by atoms with Gasteiger partial charge < -0.3 is 15.6 Å². The molecule has 0 fully saturated rings. The molecule has 4 heteroatoms. The van der Waals surface area contributed by atoms with E-state index in [9.17, 15) is 4.79 Å². The topological polar surface area (TPSA) is 72.5 Å². The van der Waals surface area contributed by atoms with Crippen LogP contribution in [-0.2, 0) is 4.79 Å². The predicted octanol–water partition coefficient (Wildman–Crippen LogP) is 2.79. The molecule has 0 saturated heterocycles. The average molecular weight is 269 g/mol. The Morgan fingerprint density at radius 2 is 1.85 bits per heavy atom. The largest absolute Gasteiger partial charge is 0.495 e. The van der Waals surface area contributed by atoms with Crippen LogP contribution in [0.15, 0.2) is 54.6 Å². The summed E-state index contributed by atoms with van der Waals surface area (Å²) in [5.74, 6) is -0.435. The first kappa shape index (κ1) is 13.7. The number of carboxylic acids is 1. The molecule has 102 valence electrons. The van der Waals surface area contributed by atoms with E-state index in [1.807, 2.05) is 30.3 Å². The van der Waals surface area contributed by atoms with Gasteiger partial charge in [-0.05, 0) is 28.8 Å². The first-order chi connectivity index (χ1) is 9.61. The molecule has 0 aromatic heterocycles. The van der Waals surface area contributed by atoms with Gasteiger partial charge in [0.25, 0.3) is 0 Å². The van der Waals surface area contributed by atoms with Gasteiger partial charge in [-0.3, -0.25) is 0 Å². The van der Waals surface area contributed by atoms with Gasteiger partial charge in [0.2, 0.25) is 0 Å². The molecule has 0 bridgehead atoms. The molecule has 20 heavy (non-hydrogen) atoms. The number of aliphatic carboxylic acids is 1.